The molecule has 0 bridgehead atoms. The SMILES string of the molecule is Cc1ccccc1[P+](P)(c1ccccc1C)c1ccccc1C. The van der Waals surface area contributed by atoms with Gasteiger partial charge in [0.2, 0.25) is 0 Å². The van der Waals surface area contributed by atoms with E-state index in [1.807, 2.05) is 0 Å². The maximum atomic E-state index is 3.27. The van der Waals surface area contributed by atoms with Crippen LogP contribution < -0.4 is 15.9 Å². The van der Waals surface area contributed by atoms with E-state index in [-0.39, 0.29) is 0 Å². The largest absolute Gasteiger partial charge is 0.125 e. The lowest BCUT2D eigenvalue weighted by atomic mass is 10.2. The molecule has 0 aliphatic rings. The summed E-state index contributed by atoms with van der Waals surface area (Å²) in [6, 6.07) is 26.5. The zero-order valence-corrected chi connectivity index (χ0v) is 16.0. The van der Waals surface area contributed by atoms with Gasteiger partial charge in [0, 0.05) is 8.93 Å². The van der Waals surface area contributed by atoms with Crippen molar-refractivity contribution in [1.82, 2.24) is 0 Å². The second-order valence-electron chi connectivity index (χ2n) is 6.08. The van der Waals surface area contributed by atoms with Crippen LogP contribution >= 0.6 is 15.9 Å². The summed E-state index contributed by atoms with van der Waals surface area (Å²) in [7, 11) is 3.27. The zero-order chi connectivity index (χ0) is 16.4. The molecule has 3 aromatic carbocycles. The summed E-state index contributed by atoms with van der Waals surface area (Å²) in [6.45, 7) is 4.96. The summed E-state index contributed by atoms with van der Waals surface area (Å²) in [5, 5.41) is 4.36. The van der Waals surface area contributed by atoms with Crippen molar-refractivity contribution in [2.45, 2.75) is 20.8 Å². The first-order valence-corrected chi connectivity index (χ1v) is 11.3. The first-order valence-electron chi connectivity index (χ1n) is 7.91. The maximum absolute atomic E-state index is 3.27. The Morgan fingerprint density at radius 1 is 0.522 bits per heavy atom. The quantitative estimate of drug-likeness (QED) is 0.608. The first kappa shape index (κ1) is 16.4. The van der Waals surface area contributed by atoms with Crippen LogP contribution in [0.1, 0.15) is 16.7 Å². The molecule has 2 heteroatoms. The number of rotatable bonds is 3. The molecular formula is C21H23P2+. The molecule has 0 spiro atoms. The third kappa shape index (κ3) is 2.87. The van der Waals surface area contributed by atoms with E-state index >= 15 is 0 Å². The van der Waals surface area contributed by atoms with Crippen molar-refractivity contribution in [3.8, 4) is 0 Å². The minimum absolute atomic E-state index is 1.36. The maximum Gasteiger partial charge on any atom is 0.125 e. The highest BCUT2D eigenvalue weighted by molar-refractivity contribution is 8.36. The van der Waals surface area contributed by atoms with Gasteiger partial charge < -0.3 is 0 Å². The third-order valence-corrected chi connectivity index (χ3v) is 10.8. The summed E-state index contributed by atoms with van der Waals surface area (Å²) >= 11 is 0. The highest BCUT2D eigenvalue weighted by Crippen LogP contribution is 2.64. The lowest BCUT2D eigenvalue weighted by Crippen LogP contribution is -2.31. The molecule has 0 saturated carbocycles. The Morgan fingerprint density at radius 2 is 0.783 bits per heavy atom. The first-order chi connectivity index (χ1) is 11.0. The van der Waals surface area contributed by atoms with Crippen LogP contribution in [0.5, 0.6) is 0 Å². The second kappa shape index (κ2) is 6.56. The van der Waals surface area contributed by atoms with E-state index in [2.05, 4.69) is 102 Å². The van der Waals surface area contributed by atoms with Crippen LogP contribution in [-0.4, -0.2) is 0 Å². The average Bonchev–Trinajstić information content (AvgIpc) is 2.55. The fourth-order valence-corrected chi connectivity index (χ4v) is 9.51. The van der Waals surface area contributed by atoms with Crippen LogP contribution in [0.3, 0.4) is 0 Å². The molecule has 0 nitrogen and oxygen atoms in total. The Morgan fingerprint density at radius 3 is 1.04 bits per heavy atom. The Kier molecular flexibility index (Phi) is 4.67. The van der Waals surface area contributed by atoms with Crippen molar-refractivity contribution < 1.29 is 0 Å². The normalized spacial score (nSPS) is 11.5. The second-order valence-corrected chi connectivity index (χ2v) is 11.3. The summed E-state index contributed by atoms with van der Waals surface area (Å²) in [5.74, 6) is 0. The number of aryl methyl sites for hydroxylation is 3. The monoisotopic (exact) mass is 337 g/mol. The van der Waals surface area contributed by atoms with E-state index in [1.54, 1.807) is 0 Å². The van der Waals surface area contributed by atoms with Crippen molar-refractivity contribution >= 4 is 31.8 Å². The summed E-state index contributed by atoms with van der Waals surface area (Å²) in [5.41, 5.74) is 4.09. The molecule has 3 rings (SSSR count). The zero-order valence-electron chi connectivity index (χ0n) is 14.0. The molecule has 0 aliphatic carbocycles. The molecule has 116 valence electrons. The molecule has 0 amide bonds. The van der Waals surface area contributed by atoms with Gasteiger partial charge in [-0.1, -0.05) is 54.6 Å². The Labute approximate surface area is 142 Å². The summed E-state index contributed by atoms with van der Waals surface area (Å²) in [6.07, 6.45) is 0. The number of benzene rings is 3. The number of hydrogen-bond acceptors (Lipinski definition) is 0. The van der Waals surface area contributed by atoms with Crippen LogP contribution in [0, 0.1) is 20.8 Å². The third-order valence-electron chi connectivity index (χ3n) is 4.49. The minimum Gasteiger partial charge on any atom is -0.0617 e. The van der Waals surface area contributed by atoms with E-state index in [0.29, 0.717) is 0 Å². The van der Waals surface area contributed by atoms with Gasteiger partial charge in [-0.05, 0) is 55.7 Å². The van der Waals surface area contributed by atoms with E-state index in [0.717, 1.165) is 0 Å². The minimum atomic E-state index is -1.72. The van der Waals surface area contributed by atoms with Crippen molar-refractivity contribution in [2.75, 3.05) is 0 Å². The molecule has 0 N–H and O–H groups in total. The topological polar surface area (TPSA) is 0 Å². The Balaban J connectivity index is 2.38. The van der Waals surface area contributed by atoms with Gasteiger partial charge in [0.05, 0.1) is 0 Å². The van der Waals surface area contributed by atoms with Crippen molar-refractivity contribution in [2.24, 2.45) is 0 Å². The van der Waals surface area contributed by atoms with Crippen molar-refractivity contribution in [3.05, 3.63) is 89.5 Å². The Bertz CT molecular complexity index is 726. The lowest BCUT2D eigenvalue weighted by molar-refractivity contribution is 1.49. The van der Waals surface area contributed by atoms with Crippen LogP contribution in [-0.2, 0) is 0 Å². The Hall–Kier alpha value is -1.48. The van der Waals surface area contributed by atoms with Crippen molar-refractivity contribution in [3.63, 3.8) is 0 Å². The summed E-state index contributed by atoms with van der Waals surface area (Å²) in [4.78, 5) is 0. The van der Waals surface area contributed by atoms with Crippen LogP contribution in [0.4, 0.5) is 0 Å². The van der Waals surface area contributed by atoms with E-state index in [1.165, 1.54) is 32.6 Å². The van der Waals surface area contributed by atoms with Crippen LogP contribution in [0.25, 0.3) is 0 Å². The molecular weight excluding hydrogens is 314 g/mol. The van der Waals surface area contributed by atoms with Gasteiger partial charge in [-0.15, -0.1) is 0 Å². The molecule has 0 aliphatic heterocycles. The summed E-state index contributed by atoms with van der Waals surface area (Å²) < 4.78 is 0. The smallest absolute Gasteiger partial charge is 0.0617 e. The van der Waals surface area contributed by atoms with Crippen LogP contribution in [0.2, 0.25) is 0 Å². The molecule has 1 atom stereocenters. The predicted octanol–water partition coefficient (Wildman–Crippen LogP) is 4.70. The van der Waals surface area contributed by atoms with Gasteiger partial charge >= 0.3 is 0 Å². The molecule has 3 aromatic rings. The number of hydrogen-bond donors (Lipinski definition) is 0. The molecule has 0 aromatic heterocycles. The predicted molar refractivity (Wildman–Crippen MR) is 109 cm³/mol. The molecule has 0 radical (unpaired) electrons. The standard InChI is InChI=1S/C21H23P2/c1-16-10-4-7-13-19(16)23(22,20-14-8-5-11-17(20)2)21-15-9-6-12-18(21)3/h4-15H,22H2,1-3H3/q+1. The highest BCUT2D eigenvalue weighted by atomic mass is 32.1. The molecule has 0 heterocycles. The van der Waals surface area contributed by atoms with Gasteiger partial charge in [-0.2, -0.15) is 0 Å². The molecule has 0 saturated heterocycles. The molecule has 23 heavy (non-hydrogen) atoms. The van der Waals surface area contributed by atoms with Gasteiger partial charge in [-0.3, -0.25) is 0 Å². The van der Waals surface area contributed by atoms with Crippen LogP contribution in [0.15, 0.2) is 72.8 Å². The van der Waals surface area contributed by atoms with Crippen molar-refractivity contribution in [1.29, 1.82) is 0 Å². The molecule has 1 unspecified atom stereocenters. The van der Waals surface area contributed by atoms with Gasteiger partial charge in [0.1, 0.15) is 22.9 Å². The molecule has 0 fully saturated rings. The average molecular weight is 337 g/mol. The van der Waals surface area contributed by atoms with E-state index in [9.17, 15) is 0 Å². The van der Waals surface area contributed by atoms with Gasteiger partial charge in [-0.25, -0.2) is 0 Å². The fourth-order valence-electron chi connectivity index (χ4n) is 3.27. The fraction of sp³-hybridized carbons (Fsp3) is 0.143. The highest BCUT2D eigenvalue weighted by Gasteiger charge is 2.43. The van der Waals surface area contributed by atoms with Gasteiger partial charge in [0.25, 0.3) is 0 Å². The van der Waals surface area contributed by atoms with E-state index < -0.39 is 6.95 Å². The lowest BCUT2D eigenvalue weighted by Gasteiger charge is -2.26. The van der Waals surface area contributed by atoms with Gasteiger partial charge in [0.15, 0.2) is 0 Å². The van der Waals surface area contributed by atoms with E-state index in [4.69, 9.17) is 0 Å².